The highest BCUT2D eigenvalue weighted by atomic mass is 16.4. The van der Waals surface area contributed by atoms with Crippen molar-refractivity contribution in [2.24, 2.45) is 11.5 Å². The number of amides is 2. The second-order valence-electron chi connectivity index (χ2n) is 7.10. The molecule has 29 heavy (non-hydrogen) atoms. The maximum absolute atomic E-state index is 11.9. The van der Waals surface area contributed by atoms with Crippen molar-refractivity contribution >= 4 is 17.8 Å². The first-order valence-corrected chi connectivity index (χ1v) is 10.3. The van der Waals surface area contributed by atoms with Gasteiger partial charge in [0.15, 0.2) is 0 Å². The highest BCUT2D eigenvalue weighted by molar-refractivity contribution is 5.88. The van der Waals surface area contributed by atoms with Gasteiger partial charge in [-0.05, 0) is 62.0 Å². The standard InChI is InChI=1S/C21H34N4O4/c22-9-5-1-3-7-19(26)24-14-16-11-17(13-18(12-16)21(28)29)15-25-20(27)8-4-2-6-10-23/h11-13H,1-10,14-15,22-23H2,(H,24,26)(H,25,27)(H,28,29). The molecule has 0 bridgehead atoms. The largest absolute Gasteiger partial charge is 0.478 e. The molecule has 0 atom stereocenters. The number of hydrogen-bond acceptors (Lipinski definition) is 5. The number of unbranched alkanes of at least 4 members (excludes halogenated alkanes) is 4. The van der Waals surface area contributed by atoms with E-state index in [2.05, 4.69) is 10.6 Å². The lowest BCUT2D eigenvalue weighted by atomic mass is 10.0. The molecular weight excluding hydrogens is 372 g/mol. The third-order valence-corrected chi connectivity index (χ3v) is 4.49. The molecule has 0 aliphatic heterocycles. The molecule has 0 fully saturated rings. The second kappa shape index (κ2) is 14.5. The van der Waals surface area contributed by atoms with E-state index in [0.29, 0.717) is 37.1 Å². The molecule has 7 N–H and O–H groups in total. The fraction of sp³-hybridized carbons (Fsp3) is 0.571. The lowest BCUT2D eigenvalue weighted by Gasteiger charge is -2.11. The average Bonchev–Trinajstić information content (AvgIpc) is 2.71. The summed E-state index contributed by atoms with van der Waals surface area (Å²) in [5.41, 5.74) is 12.4. The predicted molar refractivity (Wildman–Crippen MR) is 112 cm³/mol. The van der Waals surface area contributed by atoms with Gasteiger partial charge >= 0.3 is 5.97 Å². The zero-order chi connectivity index (χ0) is 21.5. The van der Waals surface area contributed by atoms with Crippen molar-refractivity contribution in [2.45, 2.75) is 64.5 Å². The van der Waals surface area contributed by atoms with E-state index in [1.165, 1.54) is 12.1 Å². The number of aromatic carboxylic acids is 1. The van der Waals surface area contributed by atoms with Crippen molar-refractivity contribution in [1.82, 2.24) is 10.6 Å². The van der Waals surface area contributed by atoms with Crippen LogP contribution in [0.25, 0.3) is 0 Å². The monoisotopic (exact) mass is 406 g/mol. The van der Waals surface area contributed by atoms with Crippen LogP contribution in [0.2, 0.25) is 0 Å². The molecule has 0 unspecified atom stereocenters. The normalized spacial score (nSPS) is 10.6. The van der Waals surface area contributed by atoms with Gasteiger partial charge in [-0.25, -0.2) is 4.79 Å². The van der Waals surface area contributed by atoms with Crippen LogP contribution in [0.5, 0.6) is 0 Å². The predicted octanol–water partition coefficient (Wildman–Crippen LogP) is 1.66. The SMILES string of the molecule is NCCCCCC(=O)NCc1cc(CNC(=O)CCCCCN)cc(C(=O)O)c1. The number of nitrogens with one attached hydrogen (secondary N) is 2. The summed E-state index contributed by atoms with van der Waals surface area (Å²) in [7, 11) is 0. The maximum Gasteiger partial charge on any atom is 0.335 e. The number of carbonyl (C=O) groups excluding carboxylic acids is 2. The summed E-state index contributed by atoms with van der Waals surface area (Å²) in [6, 6.07) is 4.88. The average molecular weight is 407 g/mol. The lowest BCUT2D eigenvalue weighted by Crippen LogP contribution is -2.24. The van der Waals surface area contributed by atoms with E-state index in [0.717, 1.165) is 38.5 Å². The van der Waals surface area contributed by atoms with Gasteiger partial charge < -0.3 is 27.2 Å². The van der Waals surface area contributed by atoms with Crippen LogP contribution in [0.3, 0.4) is 0 Å². The van der Waals surface area contributed by atoms with E-state index in [4.69, 9.17) is 11.5 Å². The van der Waals surface area contributed by atoms with Crippen LogP contribution in [0.15, 0.2) is 18.2 Å². The van der Waals surface area contributed by atoms with Crippen LogP contribution in [-0.4, -0.2) is 36.0 Å². The molecule has 1 rings (SSSR count). The number of hydrogen-bond donors (Lipinski definition) is 5. The van der Waals surface area contributed by atoms with Gasteiger partial charge in [0.2, 0.25) is 11.8 Å². The van der Waals surface area contributed by atoms with Crippen molar-refractivity contribution < 1.29 is 19.5 Å². The van der Waals surface area contributed by atoms with Crippen LogP contribution in [0.1, 0.15) is 72.9 Å². The summed E-state index contributed by atoms with van der Waals surface area (Å²) in [5, 5.41) is 15.0. The van der Waals surface area contributed by atoms with Gasteiger partial charge in [0.25, 0.3) is 0 Å². The van der Waals surface area contributed by atoms with Gasteiger partial charge in [0, 0.05) is 25.9 Å². The zero-order valence-corrected chi connectivity index (χ0v) is 17.0. The summed E-state index contributed by atoms with van der Waals surface area (Å²) in [5.74, 6) is -1.19. The molecule has 162 valence electrons. The Hall–Kier alpha value is -2.45. The van der Waals surface area contributed by atoms with Crippen molar-refractivity contribution in [3.05, 3.63) is 34.9 Å². The van der Waals surface area contributed by atoms with E-state index in [1.807, 2.05) is 0 Å². The maximum atomic E-state index is 11.9. The fourth-order valence-corrected chi connectivity index (χ4v) is 2.88. The molecule has 0 spiro atoms. The molecule has 1 aromatic carbocycles. The van der Waals surface area contributed by atoms with E-state index in [1.54, 1.807) is 6.07 Å². The highest BCUT2D eigenvalue weighted by Crippen LogP contribution is 2.12. The topological polar surface area (TPSA) is 148 Å². The Morgan fingerprint density at radius 1 is 0.724 bits per heavy atom. The number of carbonyl (C=O) groups is 3. The molecular formula is C21H34N4O4. The number of benzene rings is 1. The summed E-state index contributed by atoms with van der Waals surface area (Å²) in [4.78, 5) is 35.2. The van der Waals surface area contributed by atoms with Crippen LogP contribution in [0, 0.1) is 0 Å². The minimum Gasteiger partial charge on any atom is -0.478 e. The smallest absolute Gasteiger partial charge is 0.335 e. The van der Waals surface area contributed by atoms with E-state index < -0.39 is 5.97 Å². The Bertz CT molecular complexity index is 618. The third kappa shape index (κ3) is 11.2. The Morgan fingerprint density at radius 2 is 1.17 bits per heavy atom. The van der Waals surface area contributed by atoms with Gasteiger partial charge in [0.05, 0.1) is 5.56 Å². The van der Waals surface area contributed by atoms with Crippen LogP contribution in [0.4, 0.5) is 0 Å². The Labute approximate surface area is 172 Å². The zero-order valence-electron chi connectivity index (χ0n) is 17.0. The van der Waals surface area contributed by atoms with E-state index in [-0.39, 0.29) is 30.5 Å². The number of nitrogens with two attached hydrogens (primary N) is 2. The first kappa shape index (κ1) is 24.6. The molecule has 0 radical (unpaired) electrons. The van der Waals surface area contributed by atoms with Gasteiger partial charge in [-0.1, -0.05) is 18.9 Å². The summed E-state index contributed by atoms with van der Waals surface area (Å²) in [6.45, 7) is 1.74. The van der Waals surface area contributed by atoms with Gasteiger partial charge in [-0.2, -0.15) is 0 Å². The molecule has 0 saturated heterocycles. The first-order chi connectivity index (χ1) is 14.0. The molecule has 0 aliphatic carbocycles. The van der Waals surface area contributed by atoms with Gasteiger partial charge in [-0.15, -0.1) is 0 Å². The van der Waals surface area contributed by atoms with Gasteiger partial charge in [0.1, 0.15) is 0 Å². The first-order valence-electron chi connectivity index (χ1n) is 10.3. The van der Waals surface area contributed by atoms with Crippen LogP contribution < -0.4 is 22.1 Å². The van der Waals surface area contributed by atoms with Crippen molar-refractivity contribution in [2.75, 3.05) is 13.1 Å². The quantitative estimate of drug-likeness (QED) is 0.280. The van der Waals surface area contributed by atoms with Crippen molar-refractivity contribution in [3.63, 3.8) is 0 Å². The van der Waals surface area contributed by atoms with Crippen LogP contribution >= 0.6 is 0 Å². The second-order valence-corrected chi connectivity index (χ2v) is 7.10. The molecule has 0 aromatic heterocycles. The molecule has 0 aliphatic rings. The van der Waals surface area contributed by atoms with Crippen molar-refractivity contribution in [3.8, 4) is 0 Å². The minimum atomic E-state index is -1.05. The number of rotatable bonds is 15. The van der Waals surface area contributed by atoms with E-state index in [9.17, 15) is 19.5 Å². The third-order valence-electron chi connectivity index (χ3n) is 4.49. The molecule has 8 nitrogen and oxygen atoms in total. The number of carboxylic acids is 1. The Morgan fingerprint density at radius 3 is 1.55 bits per heavy atom. The molecule has 0 heterocycles. The Kier molecular flexibility index (Phi) is 12.3. The number of carboxylic acid groups (broad SMARTS) is 1. The summed E-state index contributed by atoms with van der Waals surface area (Å²) >= 11 is 0. The van der Waals surface area contributed by atoms with Crippen molar-refractivity contribution in [1.29, 1.82) is 0 Å². The van der Waals surface area contributed by atoms with Gasteiger partial charge in [-0.3, -0.25) is 9.59 Å². The minimum absolute atomic E-state index is 0.0740. The highest BCUT2D eigenvalue weighted by Gasteiger charge is 2.10. The fourth-order valence-electron chi connectivity index (χ4n) is 2.88. The lowest BCUT2D eigenvalue weighted by molar-refractivity contribution is -0.122. The molecule has 2 amide bonds. The van der Waals surface area contributed by atoms with Crippen LogP contribution in [-0.2, 0) is 22.7 Å². The molecule has 1 aromatic rings. The summed E-state index contributed by atoms with van der Waals surface area (Å²) < 4.78 is 0. The molecule has 8 heteroatoms. The Balaban J connectivity index is 2.57. The van der Waals surface area contributed by atoms with E-state index >= 15 is 0 Å². The summed E-state index contributed by atoms with van der Waals surface area (Å²) in [6.07, 6.45) is 6.02. The molecule has 0 saturated carbocycles.